The Morgan fingerprint density at radius 3 is 2.64 bits per heavy atom. The predicted octanol–water partition coefficient (Wildman–Crippen LogP) is 4.74. The van der Waals surface area contributed by atoms with Crippen LogP contribution in [0.15, 0.2) is 59.9 Å². The number of nitrogens with two attached hydrogens (primary N) is 1. The van der Waals surface area contributed by atoms with Gasteiger partial charge in [0.25, 0.3) is 6.02 Å². The molecule has 0 saturated carbocycles. The van der Waals surface area contributed by atoms with Crippen LogP contribution in [0.1, 0.15) is 37.5 Å². The van der Waals surface area contributed by atoms with E-state index in [1.54, 1.807) is 18.5 Å². The number of benzene rings is 2. The van der Waals surface area contributed by atoms with Gasteiger partial charge in [-0.1, -0.05) is 32.9 Å². The molecule has 33 heavy (non-hydrogen) atoms. The zero-order chi connectivity index (χ0) is 23.2. The van der Waals surface area contributed by atoms with Gasteiger partial charge in [0, 0.05) is 23.5 Å². The highest BCUT2D eigenvalue weighted by atomic mass is 16.5. The Morgan fingerprint density at radius 1 is 1.15 bits per heavy atom. The van der Waals surface area contributed by atoms with Crippen LogP contribution >= 0.6 is 0 Å². The van der Waals surface area contributed by atoms with Crippen LogP contribution in [-0.2, 0) is 10.3 Å². The van der Waals surface area contributed by atoms with Crippen LogP contribution in [-0.4, -0.2) is 24.2 Å². The van der Waals surface area contributed by atoms with Gasteiger partial charge >= 0.3 is 0 Å². The molecule has 0 unspecified atom stereocenters. The second-order valence-corrected chi connectivity index (χ2v) is 9.43. The van der Waals surface area contributed by atoms with Crippen molar-refractivity contribution in [1.29, 1.82) is 5.26 Å². The standard InChI is InChI=1S/C26H24N4O3/c1-25(2,3)14-31-20-8-9-22-23(18(20)12-27)26(15-32-24(28)30-26)19-11-16(6-7-21(19)33-22)17-5-4-10-29-13-17/h4-11,13H,14-15H2,1-3H3,(H2,28,30)/t26-/m0/s1. The first-order chi connectivity index (χ1) is 15.8. The summed E-state index contributed by atoms with van der Waals surface area (Å²) in [6.45, 7) is 6.85. The molecule has 0 bridgehead atoms. The van der Waals surface area contributed by atoms with Crippen molar-refractivity contribution in [1.82, 2.24) is 4.98 Å². The van der Waals surface area contributed by atoms with Crippen LogP contribution in [0.2, 0.25) is 0 Å². The number of ether oxygens (including phenoxy) is 3. The van der Waals surface area contributed by atoms with E-state index in [9.17, 15) is 5.26 Å². The lowest BCUT2D eigenvalue weighted by Gasteiger charge is -2.35. The summed E-state index contributed by atoms with van der Waals surface area (Å²) in [5.74, 6) is 1.67. The molecule has 166 valence electrons. The van der Waals surface area contributed by atoms with Gasteiger partial charge in [0.2, 0.25) is 0 Å². The number of nitrogens with zero attached hydrogens (tertiary/aromatic N) is 3. The number of hydrogen-bond donors (Lipinski definition) is 1. The Kier molecular flexibility index (Phi) is 4.75. The summed E-state index contributed by atoms with van der Waals surface area (Å²) in [6.07, 6.45) is 3.53. The first kappa shape index (κ1) is 20.8. The topological polar surface area (TPSA) is 103 Å². The van der Waals surface area contributed by atoms with Gasteiger partial charge in [-0.25, -0.2) is 4.99 Å². The van der Waals surface area contributed by atoms with Gasteiger partial charge in [-0.15, -0.1) is 0 Å². The number of fused-ring (bicyclic) bond motifs is 4. The fourth-order valence-electron chi connectivity index (χ4n) is 4.19. The third-order valence-electron chi connectivity index (χ3n) is 5.68. The molecule has 3 heterocycles. The van der Waals surface area contributed by atoms with Crippen molar-refractivity contribution in [3.05, 3.63) is 71.5 Å². The molecule has 2 N–H and O–H groups in total. The molecule has 7 heteroatoms. The van der Waals surface area contributed by atoms with Crippen LogP contribution in [0, 0.1) is 16.7 Å². The van der Waals surface area contributed by atoms with Gasteiger partial charge in [0.1, 0.15) is 35.5 Å². The largest absolute Gasteiger partial charge is 0.492 e. The quantitative estimate of drug-likeness (QED) is 0.631. The predicted molar refractivity (Wildman–Crippen MR) is 124 cm³/mol. The lowest BCUT2D eigenvalue weighted by Crippen LogP contribution is -2.32. The number of amidine groups is 1. The minimum atomic E-state index is -1.02. The summed E-state index contributed by atoms with van der Waals surface area (Å²) < 4.78 is 18.0. The first-order valence-corrected chi connectivity index (χ1v) is 10.7. The third-order valence-corrected chi connectivity index (χ3v) is 5.68. The molecule has 0 radical (unpaired) electrons. The van der Waals surface area contributed by atoms with E-state index in [0.717, 1.165) is 16.7 Å². The molecule has 5 rings (SSSR count). The van der Waals surface area contributed by atoms with Crippen LogP contribution in [0.3, 0.4) is 0 Å². The van der Waals surface area contributed by atoms with Gasteiger partial charge in [0.15, 0.2) is 5.54 Å². The second-order valence-electron chi connectivity index (χ2n) is 9.43. The Hall–Kier alpha value is -4.05. The molecule has 2 aliphatic rings. The zero-order valence-corrected chi connectivity index (χ0v) is 18.8. The van der Waals surface area contributed by atoms with Crippen LogP contribution in [0.25, 0.3) is 11.1 Å². The van der Waals surface area contributed by atoms with Crippen molar-refractivity contribution in [3.8, 4) is 34.4 Å². The molecule has 2 aromatic carbocycles. The van der Waals surface area contributed by atoms with Gasteiger partial charge < -0.3 is 19.9 Å². The van der Waals surface area contributed by atoms with Crippen LogP contribution in [0.5, 0.6) is 17.2 Å². The molecule has 1 spiro atoms. The summed E-state index contributed by atoms with van der Waals surface area (Å²) in [5, 5.41) is 10.2. The van der Waals surface area contributed by atoms with E-state index in [1.807, 2.05) is 36.4 Å². The molecule has 0 amide bonds. The maximum Gasteiger partial charge on any atom is 0.283 e. The van der Waals surface area contributed by atoms with Crippen molar-refractivity contribution in [2.24, 2.45) is 16.1 Å². The average molecular weight is 441 g/mol. The minimum Gasteiger partial charge on any atom is -0.492 e. The molecular formula is C26H24N4O3. The van der Waals surface area contributed by atoms with Crippen molar-refractivity contribution in [2.75, 3.05) is 13.2 Å². The monoisotopic (exact) mass is 440 g/mol. The first-order valence-electron chi connectivity index (χ1n) is 10.7. The zero-order valence-electron chi connectivity index (χ0n) is 18.8. The fourth-order valence-corrected chi connectivity index (χ4v) is 4.19. The van der Waals surface area contributed by atoms with E-state index in [1.165, 1.54) is 0 Å². The van der Waals surface area contributed by atoms with Gasteiger partial charge in [-0.3, -0.25) is 4.98 Å². The second kappa shape index (κ2) is 7.52. The van der Waals surface area contributed by atoms with Crippen LogP contribution in [0.4, 0.5) is 0 Å². The van der Waals surface area contributed by atoms with Crippen molar-refractivity contribution in [3.63, 3.8) is 0 Å². The Bertz CT molecular complexity index is 1310. The van der Waals surface area contributed by atoms with Crippen molar-refractivity contribution < 1.29 is 14.2 Å². The normalized spacial score (nSPS) is 18.4. The summed E-state index contributed by atoms with van der Waals surface area (Å²) in [5.41, 5.74) is 8.59. The number of aliphatic imine (C=N–C) groups is 1. The van der Waals surface area contributed by atoms with Gasteiger partial charge in [-0.2, -0.15) is 5.26 Å². The maximum absolute atomic E-state index is 10.2. The summed E-state index contributed by atoms with van der Waals surface area (Å²) >= 11 is 0. The minimum absolute atomic E-state index is 0.0684. The van der Waals surface area contributed by atoms with E-state index in [2.05, 4.69) is 31.8 Å². The number of rotatable bonds is 3. The lowest BCUT2D eigenvalue weighted by atomic mass is 9.78. The number of pyridine rings is 1. The third kappa shape index (κ3) is 3.54. The SMILES string of the molecule is CC(C)(C)COc1ccc2c(c1C#N)[C@]1(COC(N)=N1)c1cc(-c3cccnc3)ccc1O2. The van der Waals surface area contributed by atoms with Crippen LogP contribution < -0.4 is 15.2 Å². The van der Waals surface area contributed by atoms with Crippen molar-refractivity contribution in [2.45, 2.75) is 26.3 Å². The van der Waals surface area contributed by atoms with E-state index in [4.69, 9.17) is 24.9 Å². The average Bonchev–Trinajstić information content (AvgIpc) is 3.19. The Balaban J connectivity index is 1.71. The smallest absolute Gasteiger partial charge is 0.283 e. The molecule has 2 aliphatic heterocycles. The maximum atomic E-state index is 10.2. The van der Waals surface area contributed by atoms with E-state index in [0.29, 0.717) is 35.0 Å². The molecule has 0 aliphatic carbocycles. The molecular weight excluding hydrogens is 416 g/mol. The molecule has 0 saturated heterocycles. The molecule has 1 atom stereocenters. The van der Waals surface area contributed by atoms with E-state index in [-0.39, 0.29) is 18.0 Å². The fraction of sp³-hybridized carbons (Fsp3) is 0.269. The molecule has 0 fully saturated rings. The summed E-state index contributed by atoms with van der Waals surface area (Å²) in [4.78, 5) is 8.95. The summed E-state index contributed by atoms with van der Waals surface area (Å²) in [6, 6.07) is 15.7. The highest BCUT2D eigenvalue weighted by Crippen LogP contribution is 2.54. The number of nitriles is 1. The van der Waals surface area contributed by atoms with Gasteiger partial charge in [-0.05, 0) is 41.3 Å². The highest BCUT2D eigenvalue weighted by molar-refractivity contribution is 5.79. The molecule has 7 nitrogen and oxygen atoms in total. The van der Waals surface area contributed by atoms with Crippen molar-refractivity contribution >= 4 is 6.02 Å². The highest BCUT2D eigenvalue weighted by Gasteiger charge is 2.49. The Morgan fingerprint density at radius 2 is 1.97 bits per heavy atom. The molecule has 3 aromatic rings. The number of aromatic nitrogens is 1. The lowest BCUT2D eigenvalue weighted by molar-refractivity contribution is 0.196. The number of hydrogen-bond acceptors (Lipinski definition) is 7. The van der Waals surface area contributed by atoms with E-state index >= 15 is 0 Å². The molecule has 1 aromatic heterocycles. The Labute approximate surface area is 192 Å². The van der Waals surface area contributed by atoms with E-state index < -0.39 is 5.54 Å². The summed E-state index contributed by atoms with van der Waals surface area (Å²) in [7, 11) is 0. The van der Waals surface area contributed by atoms with Gasteiger partial charge in [0.05, 0.1) is 12.2 Å².